The number of anilines is 1. The molecular weight excluding hydrogens is 444 g/mol. The van der Waals surface area contributed by atoms with Gasteiger partial charge in [0.1, 0.15) is 23.3 Å². The minimum Gasteiger partial charge on any atom is -0.443 e. The van der Waals surface area contributed by atoms with E-state index >= 15 is 0 Å². The molecule has 1 aliphatic heterocycles. The summed E-state index contributed by atoms with van der Waals surface area (Å²) in [6, 6.07) is 3.26. The molecule has 176 valence electrons. The fraction of sp³-hybridized carbons (Fsp3) is 0.348. The number of hydrogen-bond acceptors (Lipinski definition) is 8. The Morgan fingerprint density at radius 3 is 2.79 bits per heavy atom. The molecule has 1 aliphatic rings. The van der Waals surface area contributed by atoms with Crippen molar-refractivity contribution in [3.63, 3.8) is 0 Å². The maximum atomic E-state index is 13.7. The highest BCUT2D eigenvalue weighted by Gasteiger charge is 2.43. The van der Waals surface area contributed by atoms with Gasteiger partial charge < -0.3 is 14.6 Å². The van der Waals surface area contributed by atoms with Crippen LogP contribution in [-0.2, 0) is 0 Å². The molecule has 1 saturated heterocycles. The van der Waals surface area contributed by atoms with Crippen LogP contribution in [0.4, 0.5) is 14.6 Å². The number of ketones is 1. The van der Waals surface area contributed by atoms with Crippen molar-refractivity contribution in [3.05, 3.63) is 48.4 Å². The smallest absolute Gasteiger partial charge is 0.262 e. The van der Waals surface area contributed by atoms with Crippen molar-refractivity contribution in [3.8, 4) is 22.8 Å². The number of Topliss-reactive ketones (excluding diaryl/α,β-unsaturated/α-hetero) is 1. The van der Waals surface area contributed by atoms with Gasteiger partial charge in [0.25, 0.3) is 5.92 Å². The maximum absolute atomic E-state index is 13.7. The number of pyridine rings is 1. The lowest BCUT2D eigenvalue weighted by Crippen LogP contribution is -2.26. The lowest BCUT2D eigenvalue weighted by Gasteiger charge is -2.17. The number of imidazole rings is 1. The number of nitrogens with zero attached hydrogens (tertiary/aromatic N) is 6. The second-order valence-electron chi connectivity index (χ2n) is 8.63. The van der Waals surface area contributed by atoms with Crippen molar-refractivity contribution in [2.45, 2.75) is 38.2 Å². The summed E-state index contributed by atoms with van der Waals surface area (Å²) < 4.78 is 34.7. The number of fused-ring (bicyclic) bond motifs is 1. The number of hydrogen-bond donors (Lipinski definition) is 1. The van der Waals surface area contributed by atoms with Crippen LogP contribution in [0.5, 0.6) is 0 Å². The van der Waals surface area contributed by atoms with Crippen LogP contribution in [0.25, 0.3) is 28.5 Å². The van der Waals surface area contributed by atoms with Gasteiger partial charge in [-0.3, -0.25) is 9.69 Å². The Morgan fingerprint density at radius 1 is 1.26 bits per heavy atom. The van der Waals surface area contributed by atoms with Gasteiger partial charge >= 0.3 is 0 Å². The molecule has 9 nitrogen and oxygen atoms in total. The molecule has 0 spiro atoms. The lowest BCUT2D eigenvalue weighted by atomic mass is 10.0. The van der Waals surface area contributed by atoms with Crippen molar-refractivity contribution in [2.24, 2.45) is 0 Å². The number of carbonyl (C=O) groups excluding carboxylic acids is 1. The summed E-state index contributed by atoms with van der Waals surface area (Å²) in [7, 11) is 1.64. The highest BCUT2D eigenvalue weighted by Crippen LogP contribution is 2.34. The van der Waals surface area contributed by atoms with Gasteiger partial charge in [0.2, 0.25) is 5.89 Å². The minimum absolute atomic E-state index is 0.000154. The molecule has 1 fully saturated rings. The summed E-state index contributed by atoms with van der Waals surface area (Å²) in [5, 5.41) is 0. The molecule has 4 aromatic rings. The summed E-state index contributed by atoms with van der Waals surface area (Å²) in [5.74, 6) is -2.94. The molecule has 11 heteroatoms. The molecule has 1 atom stereocenters. The summed E-state index contributed by atoms with van der Waals surface area (Å²) in [6.45, 7) is 1.62. The van der Waals surface area contributed by atoms with Crippen molar-refractivity contribution in [1.29, 1.82) is 0 Å². The van der Waals surface area contributed by atoms with Gasteiger partial charge in [-0.05, 0) is 32.5 Å². The van der Waals surface area contributed by atoms with E-state index in [2.05, 4.69) is 19.9 Å². The molecule has 4 aromatic heterocycles. The van der Waals surface area contributed by atoms with Crippen molar-refractivity contribution in [1.82, 2.24) is 29.2 Å². The van der Waals surface area contributed by atoms with E-state index in [9.17, 15) is 13.6 Å². The quantitative estimate of drug-likeness (QED) is 0.428. The molecule has 34 heavy (non-hydrogen) atoms. The van der Waals surface area contributed by atoms with Gasteiger partial charge in [-0.1, -0.05) is 0 Å². The molecule has 0 aliphatic carbocycles. The zero-order chi connectivity index (χ0) is 24.0. The normalized spacial score (nSPS) is 18.1. The van der Waals surface area contributed by atoms with Gasteiger partial charge in [-0.15, -0.1) is 0 Å². The van der Waals surface area contributed by atoms with Gasteiger partial charge in [-0.25, -0.2) is 28.7 Å². The topological polar surface area (TPSA) is 115 Å². The monoisotopic (exact) mass is 467 g/mol. The molecule has 0 bridgehead atoms. The predicted octanol–water partition coefficient (Wildman–Crippen LogP) is 3.64. The van der Waals surface area contributed by atoms with E-state index in [0.717, 1.165) is 11.3 Å². The molecule has 0 saturated carbocycles. The molecule has 5 rings (SSSR count). The first-order valence-corrected chi connectivity index (χ1v) is 10.8. The number of aryl methyl sites for hydroxylation is 1. The van der Waals surface area contributed by atoms with Crippen molar-refractivity contribution < 1.29 is 18.0 Å². The van der Waals surface area contributed by atoms with Crippen LogP contribution >= 0.6 is 0 Å². The Labute approximate surface area is 193 Å². The molecule has 0 unspecified atom stereocenters. The first kappa shape index (κ1) is 22.1. The molecular formula is C23H23F2N7O2. The van der Waals surface area contributed by atoms with Gasteiger partial charge in [0.05, 0.1) is 12.7 Å². The van der Waals surface area contributed by atoms with E-state index in [0.29, 0.717) is 17.0 Å². The Kier molecular flexibility index (Phi) is 5.35. The highest BCUT2D eigenvalue weighted by molar-refractivity contribution is 5.99. The first-order chi connectivity index (χ1) is 16.2. The zero-order valence-electron chi connectivity index (χ0n) is 18.7. The van der Waals surface area contributed by atoms with E-state index in [4.69, 9.17) is 10.2 Å². The van der Waals surface area contributed by atoms with Crippen LogP contribution in [0.15, 0.2) is 41.4 Å². The molecule has 0 aromatic carbocycles. The molecule has 0 amide bonds. The fourth-order valence-corrected chi connectivity index (χ4v) is 4.38. The summed E-state index contributed by atoms with van der Waals surface area (Å²) in [5.41, 5.74) is 9.14. The van der Waals surface area contributed by atoms with Crippen LogP contribution in [0, 0.1) is 6.92 Å². The molecule has 5 heterocycles. The Balaban J connectivity index is 1.51. The standard InChI is InChI=1S/C23H23F2N7O2/c1-13-10-28-17-6-3-14(11-32(13)17)18-20(22-27-7-8-34-22)30-21(26)19(29-18)16(33)5-4-15-9-23(24,25)12-31(15)2/h3,6-8,10-11,15H,4-5,9,12H2,1-2H3,(H2,26,30)/t15-/m1/s1. The van der Waals surface area contributed by atoms with E-state index in [1.54, 1.807) is 18.1 Å². The average molecular weight is 467 g/mol. The second kappa shape index (κ2) is 8.24. The van der Waals surface area contributed by atoms with Crippen molar-refractivity contribution >= 4 is 17.2 Å². The number of nitrogen functional groups attached to an aromatic ring is 1. The zero-order valence-corrected chi connectivity index (χ0v) is 18.7. The van der Waals surface area contributed by atoms with E-state index < -0.39 is 5.92 Å². The number of halogens is 2. The van der Waals surface area contributed by atoms with Gasteiger partial charge in [0.15, 0.2) is 17.3 Å². The number of alkyl halides is 2. The number of likely N-dealkylation sites (tertiary alicyclic amines) is 1. The lowest BCUT2D eigenvalue weighted by molar-refractivity contribution is 0.0139. The first-order valence-electron chi connectivity index (χ1n) is 10.8. The van der Waals surface area contributed by atoms with Crippen LogP contribution in [-0.4, -0.2) is 60.6 Å². The number of rotatable bonds is 6. The van der Waals surface area contributed by atoms with Crippen LogP contribution in [0.2, 0.25) is 0 Å². The largest absolute Gasteiger partial charge is 0.443 e. The van der Waals surface area contributed by atoms with Gasteiger partial charge in [0, 0.05) is 42.5 Å². The second-order valence-corrected chi connectivity index (χ2v) is 8.63. The third-order valence-electron chi connectivity index (χ3n) is 6.13. The Hall–Kier alpha value is -3.73. The molecule has 2 N–H and O–H groups in total. The summed E-state index contributed by atoms with van der Waals surface area (Å²) in [6.07, 6.45) is 6.52. The number of carbonyl (C=O) groups is 1. The Morgan fingerprint density at radius 2 is 2.09 bits per heavy atom. The number of nitrogens with two attached hydrogens (primary N) is 1. The minimum atomic E-state index is -2.74. The predicted molar refractivity (Wildman–Crippen MR) is 120 cm³/mol. The van der Waals surface area contributed by atoms with Crippen LogP contribution in [0.3, 0.4) is 0 Å². The fourth-order valence-electron chi connectivity index (χ4n) is 4.38. The van der Waals surface area contributed by atoms with E-state index in [-0.39, 0.29) is 55.0 Å². The Bertz CT molecular complexity index is 1370. The van der Waals surface area contributed by atoms with Crippen LogP contribution < -0.4 is 5.73 Å². The van der Waals surface area contributed by atoms with Crippen LogP contribution in [0.1, 0.15) is 35.4 Å². The van der Waals surface area contributed by atoms with E-state index in [1.807, 2.05) is 29.7 Å². The van der Waals surface area contributed by atoms with Crippen molar-refractivity contribution in [2.75, 3.05) is 19.3 Å². The third kappa shape index (κ3) is 4.03. The van der Waals surface area contributed by atoms with E-state index in [1.165, 1.54) is 12.5 Å². The third-order valence-corrected chi connectivity index (χ3v) is 6.13. The average Bonchev–Trinajstić information content (AvgIpc) is 3.51. The summed E-state index contributed by atoms with van der Waals surface area (Å²) >= 11 is 0. The number of oxazole rings is 1. The maximum Gasteiger partial charge on any atom is 0.262 e. The molecule has 0 radical (unpaired) electrons. The SMILES string of the molecule is Cc1cnc2ccc(-c3nc(C(=O)CC[C@@H]4CC(F)(F)CN4C)c(N)nc3-c3ncco3)cn12. The highest BCUT2D eigenvalue weighted by atomic mass is 19.3. The summed E-state index contributed by atoms with van der Waals surface area (Å²) in [4.78, 5) is 32.1. The number of aromatic nitrogens is 5. The van der Waals surface area contributed by atoms with Gasteiger partial charge in [-0.2, -0.15) is 0 Å².